The number of nitrogens with zero attached hydrogens (tertiary/aromatic N) is 1. The van der Waals surface area contributed by atoms with Crippen molar-refractivity contribution in [1.29, 1.82) is 0 Å². The SMILES string of the molecule is COC(=O)CCc1ccccc1C[C@@H]1[C@H](C2=N[C@H](C(=O)OCc3ccccc3)CO2)[C@H]2CC[C@@H]1O2. The Morgan fingerprint density at radius 2 is 1.74 bits per heavy atom. The lowest BCUT2D eigenvalue weighted by Gasteiger charge is -2.28. The molecule has 3 aliphatic rings. The molecule has 2 saturated heterocycles. The number of ether oxygens (including phenoxy) is 4. The summed E-state index contributed by atoms with van der Waals surface area (Å²) in [4.78, 5) is 29.0. The Hall–Kier alpha value is -3.19. The van der Waals surface area contributed by atoms with Gasteiger partial charge >= 0.3 is 11.9 Å². The summed E-state index contributed by atoms with van der Waals surface area (Å²) in [5.41, 5.74) is 3.30. The normalized spacial score (nSPS) is 26.8. The minimum absolute atomic E-state index is 0.0225. The largest absolute Gasteiger partial charge is 0.478 e. The van der Waals surface area contributed by atoms with Gasteiger partial charge in [0.2, 0.25) is 0 Å². The lowest BCUT2D eigenvalue weighted by atomic mass is 9.75. The number of methoxy groups -OCH3 is 1. The highest BCUT2D eigenvalue weighted by Gasteiger charge is 2.53. The van der Waals surface area contributed by atoms with Crippen LogP contribution in [0.25, 0.3) is 0 Å². The van der Waals surface area contributed by atoms with Gasteiger partial charge < -0.3 is 18.9 Å². The van der Waals surface area contributed by atoms with Crippen molar-refractivity contribution in [3.63, 3.8) is 0 Å². The molecule has 0 unspecified atom stereocenters. The molecule has 0 saturated carbocycles. The number of aliphatic imine (C=N–C) groups is 1. The van der Waals surface area contributed by atoms with Crippen molar-refractivity contribution in [3.05, 3.63) is 71.3 Å². The van der Waals surface area contributed by atoms with E-state index < -0.39 is 6.04 Å². The summed E-state index contributed by atoms with van der Waals surface area (Å²) in [6.07, 6.45) is 4.01. The second kappa shape index (κ2) is 10.6. The van der Waals surface area contributed by atoms with Gasteiger partial charge in [-0.25, -0.2) is 9.79 Å². The minimum Gasteiger partial charge on any atom is -0.478 e. The Kier molecular flexibility index (Phi) is 7.13. The van der Waals surface area contributed by atoms with Crippen molar-refractivity contribution in [3.8, 4) is 0 Å². The van der Waals surface area contributed by atoms with Gasteiger partial charge in [-0.3, -0.25) is 4.79 Å². The van der Waals surface area contributed by atoms with E-state index >= 15 is 0 Å². The number of esters is 2. The number of hydrogen-bond donors (Lipinski definition) is 0. The van der Waals surface area contributed by atoms with E-state index in [4.69, 9.17) is 18.9 Å². The van der Waals surface area contributed by atoms with Gasteiger partial charge in [0, 0.05) is 12.3 Å². The average Bonchev–Trinajstić information content (AvgIpc) is 3.64. The van der Waals surface area contributed by atoms with Crippen molar-refractivity contribution in [1.82, 2.24) is 0 Å². The van der Waals surface area contributed by atoms with E-state index in [2.05, 4.69) is 17.1 Å². The van der Waals surface area contributed by atoms with Crippen LogP contribution in [-0.2, 0) is 48.0 Å². The Balaban J connectivity index is 1.27. The molecule has 184 valence electrons. The van der Waals surface area contributed by atoms with Gasteiger partial charge in [-0.1, -0.05) is 54.6 Å². The van der Waals surface area contributed by atoms with Crippen LogP contribution in [0.3, 0.4) is 0 Å². The second-order valence-electron chi connectivity index (χ2n) is 9.42. The summed E-state index contributed by atoms with van der Waals surface area (Å²) in [7, 11) is 1.42. The second-order valence-corrected chi connectivity index (χ2v) is 9.42. The van der Waals surface area contributed by atoms with Crippen LogP contribution in [0.2, 0.25) is 0 Å². The number of benzene rings is 2. The van der Waals surface area contributed by atoms with E-state index in [1.54, 1.807) is 0 Å². The molecule has 0 amide bonds. The van der Waals surface area contributed by atoms with Gasteiger partial charge in [0.15, 0.2) is 11.9 Å². The first kappa shape index (κ1) is 23.5. The Morgan fingerprint density at radius 1 is 1.00 bits per heavy atom. The molecule has 0 spiro atoms. The molecule has 2 aromatic carbocycles. The van der Waals surface area contributed by atoms with E-state index in [9.17, 15) is 9.59 Å². The predicted octanol–water partition coefficient (Wildman–Crippen LogP) is 3.67. The van der Waals surface area contributed by atoms with Gasteiger partial charge in [0.25, 0.3) is 0 Å². The standard InChI is InChI=1S/C28H31NO6/c1-32-25(30)14-11-19-9-5-6-10-20(19)15-21-23-12-13-24(35-23)26(21)27-29-22(17-33-27)28(31)34-16-18-7-3-2-4-8-18/h2-10,21-24,26H,11-17H2,1H3/t21-,22-,23-,24+,26-/m0/s1. The Morgan fingerprint density at radius 3 is 2.54 bits per heavy atom. The average molecular weight is 478 g/mol. The van der Waals surface area contributed by atoms with Crippen LogP contribution in [0.15, 0.2) is 59.6 Å². The first-order valence-electron chi connectivity index (χ1n) is 12.3. The molecule has 35 heavy (non-hydrogen) atoms. The van der Waals surface area contributed by atoms with Crippen molar-refractivity contribution < 1.29 is 28.5 Å². The smallest absolute Gasteiger partial charge is 0.334 e. The third-order valence-electron chi connectivity index (χ3n) is 7.28. The van der Waals surface area contributed by atoms with Crippen LogP contribution >= 0.6 is 0 Å². The minimum atomic E-state index is -0.638. The molecule has 0 aromatic heterocycles. The summed E-state index contributed by atoms with van der Waals surface area (Å²) in [6.45, 7) is 0.433. The van der Waals surface area contributed by atoms with Crippen LogP contribution in [0, 0.1) is 11.8 Å². The number of hydrogen-bond acceptors (Lipinski definition) is 7. The van der Waals surface area contributed by atoms with Crippen LogP contribution in [0.5, 0.6) is 0 Å². The van der Waals surface area contributed by atoms with E-state index in [1.807, 2.05) is 42.5 Å². The molecule has 0 N–H and O–H groups in total. The maximum Gasteiger partial charge on any atom is 0.334 e. The summed E-state index contributed by atoms with van der Waals surface area (Å²) in [5, 5.41) is 0. The zero-order valence-corrected chi connectivity index (χ0v) is 19.9. The number of rotatable bonds is 9. The van der Waals surface area contributed by atoms with Crippen LogP contribution < -0.4 is 0 Å². The Labute approximate surface area is 205 Å². The highest BCUT2D eigenvalue weighted by molar-refractivity contribution is 5.87. The maximum atomic E-state index is 12.6. The molecule has 7 heteroatoms. The van der Waals surface area contributed by atoms with Crippen molar-refractivity contribution in [2.45, 2.75) is 57.0 Å². The summed E-state index contributed by atoms with van der Waals surface area (Å²) >= 11 is 0. The first-order chi connectivity index (χ1) is 17.1. The molecule has 3 aliphatic heterocycles. The van der Waals surface area contributed by atoms with Crippen LogP contribution in [0.4, 0.5) is 0 Å². The van der Waals surface area contributed by atoms with Gasteiger partial charge in [-0.2, -0.15) is 0 Å². The summed E-state index contributed by atoms with van der Waals surface area (Å²) < 4.78 is 22.6. The third kappa shape index (κ3) is 5.25. The number of fused-ring (bicyclic) bond motifs is 2. The topological polar surface area (TPSA) is 83.4 Å². The number of aryl methyl sites for hydroxylation is 1. The highest BCUT2D eigenvalue weighted by atomic mass is 16.5. The lowest BCUT2D eigenvalue weighted by Crippen LogP contribution is -2.35. The molecular formula is C28H31NO6. The van der Waals surface area contributed by atoms with Crippen molar-refractivity contribution in [2.75, 3.05) is 13.7 Å². The number of carbonyl (C=O) groups is 2. The Bertz CT molecular complexity index is 1080. The molecule has 2 aromatic rings. The molecule has 3 heterocycles. The monoisotopic (exact) mass is 477 g/mol. The van der Waals surface area contributed by atoms with E-state index in [-0.39, 0.29) is 49.2 Å². The maximum absolute atomic E-state index is 12.6. The fraction of sp³-hybridized carbons (Fsp3) is 0.464. The molecule has 5 atom stereocenters. The fourth-order valence-electron chi connectivity index (χ4n) is 5.49. The van der Waals surface area contributed by atoms with Gasteiger partial charge in [-0.05, 0) is 42.4 Å². The zero-order valence-electron chi connectivity index (χ0n) is 19.9. The zero-order chi connectivity index (χ0) is 24.2. The summed E-state index contributed by atoms with van der Waals surface area (Å²) in [6, 6.07) is 17.2. The fourth-order valence-corrected chi connectivity index (χ4v) is 5.49. The lowest BCUT2D eigenvalue weighted by molar-refractivity contribution is -0.146. The quantitative estimate of drug-likeness (QED) is 0.513. The van der Waals surface area contributed by atoms with Crippen molar-refractivity contribution >= 4 is 17.8 Å². The molecule has 5 rings (SSSR count). The van der Waals surface area contributed by atoms with Crippen LogP contribution in [-0.4, -0.2) is 49.8 Å². The van der Waals surface area contributed by atoms with E-state index in [1.165, 1.54) is 12.7 Å². The van der Waals surface area contributed by atoms with Crippen LogP contribution in [0.1, 0.15) is 36.0 Å². The van der Waals surface area contributed by atoms with Gasteiger partial charge in [0.05, 0.1) is 25.2 Å². The van der Waals surface area contributed by atoms with Gasteiger partial charge in [0.1, 0.15) is 13.2 Å². The molecule has 2 fully saturated rings. The molecule has 0 aliphatic carbocycles. The van der Waals surface area contributed by atoms with Crippen molar-refractivity contribution in [2.24, 2.45) is 16.8 Å². The first-order valence-corrected chi connectivity index (χ1v) is 12.3. The molecule has 0 radical (unpaired) electrons. The number of carbonyl (C=O) groups excluding carboxylic acids is 2. The molecular weight excluding hydrogens is 446 g/mol. The highest BCUT2D eigenvalue weighted by Crippen LogP contribution is 2.46. The summed E-state index contributed by atoms with van der Waals surface area (Å²) in [5.74, 6) is 0.286. The van der Waals surface area contributed by atoms with E-state index in [0.29, 0.717) is 18.7 Å². The van der Waals surface area contributed by atoms with Gasteiger partial charge in [-0.15, -0.1) is 0 Å². The molecule has 7 nitrogen and oxygen atoms in total. The molecule has 2 bridgehead atoms. The third-order valence-corrected chi connectivity index (χ3v) is 7.28. The van der Waals surface area contributed by atoms with E-state index in [0.717, 1.165) is 30.4 Å². The predicted molar refractivity (Wildman–Crippen MR) is 129 cm³/mol.